The van der Waals surface area contributed by atoms with Gasteiger partial charge >= 0.3 is 0 Å². The molecule has 0 unspecified atom stereocenters. The number of aromatic nitrogens is 1. The fourth-order valence-corrected chi connectivity index (χ4v) is 3.32. The van der Waals surface area contributed by atoms with Gasteiger partial charge in [0.2, 0.25) is 0 Å². The van der Waals surface area contributed by atoms with Crippen molar-refractivity contribution in [1.82, 2.24) is 9.88 Å². The Hall–Kier alpha value is -2.40. The van der Waals surface area contributed by atoms with Crippen molar-refractivity contribution in [3.63, 3.8) is 0 Å². The van der Waals surface area contributed by atoms with E-state index in [2.05, 4.69) is 29.0 Å². The third-order valence-electron chi connectivity index (χ3n) is 3.77. The van der Waals surface area contributed by atoms with E-state index in [1.807, 2.05) is 43.3 Å². The van der Waals surface area contributed by atoms with Gasteiger partial charge in [-0.1, -0.05) is 37.3 Å². The van der Waals surface area contributed by atoms with Crippen LogP contribution in [-0.2, 0) is 11.2 Å². The van der Waals surface area contributed by atoms with Crippen molar-refractivity contribution >= 4 is 34.7 Å². The summed E-state index contributed by atoms with van der Waals surface area (Å²) in [5.74, 6) is 0.580. The molecule has 2 aromatic rings. The highest BCUT2D eigenvalue weighted by Crippen LogP contribution is 2.32. The first kappa shape index (κ1) is 16.5. The number of carbonyl (C=O) groups excluding carboxylic acids is 1. The van der Waals surface area contributed by atoms with E-state index in [1.165, 1.54) is 17.3 Å². The average molecular weight is 337 g/mol. The Balaban J connectivity index is 1.86. The Morgan fingerprint density at radius 2 is 1.96 bits per heavy atom. The van der Waals surface area contributed by atoms with Crippen molar-refractivity contribution in [3.8, 4) is 0 Å². The van der Waals surface area contributed by atoms with Crippen LogP contribution in [0.25, 0.3) is 6.08 Å². The van der Waals surface area contributed by atoms with Crippen LogP contribution in [-0.4, -0.2) is 28.0 Å². The molecule has 3 rings (SSSR count). The maximum atomic E-state index is 12.4. The third-order valence-corrected chi connectivity index (χ3v) is 4.83. The molecule has 1 aliphatic rings. The van der Waals surface area contributed by atoms with Gasteiger partial charge in [-0.25, -0.2) is 9.98 Å². The molecule has 0 spiro atoms. The Kier molecular flexibility index (Phi) is 4.81. The summed E-state index contributed by atoms with van der Waals surface area (Å²) in [4.78, 5) is 23.5. The number of hydrogen-bond acceptors (Lipinski definition) is 4. The first-order chi connectivity index (χ1) is 11.6. The first-order valence-electron chi connectivity index (χ1n) is 7.85. The van der Waals surface area contributed by atoms with E-state index in [4.69, 9.17) is 0 Å². The van der Waals surface area contributed by atoms with Crippen molar-refractivity contribution < 1.29 is 4.79 Å². The Morgan fingerprint density at radius 1 is 1.21 bits per heavy atom. The molecule has 0 saturated carbocycles. The maximum Gasteiger partial charge on any atom is 0.266 e. The van der Waals surface area contributed by atoms with Crippen LogP contribution in [0.15, 0.2) is 52.4 Å². The Morgan fingerprint density at radius 3 is 2.62 bits per heavy atom. The van der Waals surface area contributed by atoms with Crippen LogP contribution in [0, 0.1) is 6.92 Å². The van der Waals surface area contributed by atoms with Gasteiger partial charge in [-0.2, -0.15) is 0 Å². The molecular weight excluding hydrogens is 318 g/mol. The monoisotopic (exact) mass is 337 g/mol. The van der Waals surface area contributed by atoms with Crippen molar-refractivity contribution in [2.75, 3.05) is 7.05 Å². The van der Waals surface area contributed by atoms with Gasteiger partial charge in [-0.05, 0) is 54.4 Å². The van der Waals surface area contributed by atoms with Crippen LogP contribution in [0.2, 0.25) is 0 Å². The third kappa shape index (κ3) is 3.57. The van der Waals surface area contributed by atoms with E-state index in [9.17, 15) is 4.79 Å². The van der Waals surface area contributed by atoms with Crippen LogP contribution < -0.4 is 0 Å². The molecule has 1 amide bonds. The second-order valence-electron chi connectivity index (χ2n) is 5.60. The lowest BCUT2D eigenvalue weighted by Gasteiger charge is -2.06. The van der Waals surface area contributed by atoms with Crippen LogP contribution in [0.5, 0.6) is 0 Å². The zero-order chi connectivity index (χ0) is 17.1. The van der Waals surface area contributed by atoms with Crippen molar-refractivity contribution in [1.29, 1.82) is 0 Å². The van der Waals surface area contributed by atoms with E-state index in [-0.39, 0.29) is 5.91 Å². The molecule has 4 nitrogen and oxygen atoms in total. The summed E-state index contributed by atoms with van der Waals surface area (Å²) >= 11 is 1.38. The molecular formula is C19H19N3OS. The van der Waals surface area contributed by atoms with Crippen LogP contribution in [0.1, 0.15) is 23.7 Å². The molecule has 1 aliphatic heterocycles. The average Bonchev–Trinajstić information content (AvgIpc) is 2.84. The van der Waals surface area contributed by atoms with Gasteiger partial charge in [-0.3, -0.25) is 9.69 Å². The summed E-state index contributed by atoms with van der Waals surface area (Å²) in [7, 11) is 1.74. The van der Waals surface area contributed by atoms with E-state index < -0.39 is 0 Å². The molecule has 1 aromatic heterocycles. The van der Waals surface area contributed by atoms with E-state index in [1.54, 1.807) is 11.9 Å². The standard InChI is InChI=1S/C19H19N3OS/c1-4-14-8-10-15(11-9-14)12-16-18(23)22(3)19(24-16)21-17-7-5-6-13(2)20-17/h5-12H,4H2,1-3H3/b16-12-,21-19+. The second kappa shape index (κ2) is 7.01. The van der Waals surface area contributed by atoms with E-state index in [0.29, 0.717) is 15.9 Å². The molecule has 2 heterocycles. The number of hydrogen-bond donors (Lipinski definition) is 0. The highest BCUT2D eigenvalue weighted by atomic mass is 32.2. The predicted octanol–water partition coefficient (Wildman–Crippen LogP) is 4.19. The smallest absolute Gasteiger partial charge is 0.266 e. The normalized spacial score (nSPS) is 18.0. The second-order valence-corrected chi connectivity index (χ2v) is 6.61. The number of aliphatic imine (C=N–C) groups is 1. The largest absolute Gasteiger partial charge is 0.289 e. The molecule has 1 aromatic carbocycles. The number of aryl methyl sites for hydroxylation is 2. The zero-order valence-corrected chi connectivity index (χ0v) is 14.8. The number of carbonyl (C=O) groups is 1. The van der Waals surface area contributed by atoms with Gasteiger partial charge in [-0.15, -0.1) is 0 Å². The number of thioether (sulfide) groups is 1. The predicted molar refractivity (Wildman–Crippen MR) is 100 cm³/mol. The maximum absolute atomic E-state index is 12.4. The molecule has 0 aliphatic carbocycles. The fourth-order valence-electron chi connectivity index (χ4n) is 2.34. The number of pyridine rings is 1. The number of amidine groups is 1. The molecule has 1 saturated heterocycles. The van der Waals surface area contributed by atoms with Gasteiger partial charge in [0, 0.05) is 12.7 Å². The summed E-state index contributed by atoms with van der Waals surface area (Å²) in [5, 5.41) is 0.648. The molecule has 1 fully saturated rings. The van der Waals surface area contributed by atoms with Crippen LogP contribution in [0.3, 0.4) is 0 Å². The van der Waals surface area contributed by atoms with Crippen molar-refractivity contribution in [2.45, 2.75) is 20.3 Å². The fraction of sp³-hybridized carbons (Fsp3) is 0.211. The molecule has 0 atom stereocenters. The lowest BCUT2D eigenvalue weighted by Crippen LogP contribution is -2.23. The summed E-state index contributed by atoms with van der Waals surface area (Å²) in [6.45, 7) is 4.05. The number of likely N-dealkylation sites (N-methyl/N-ethyl adjacent to an activating group) is 1. The van der Waals surface area contributed by atoms with Gasteiger partial charge in [0.15, 0.2) is 11.0 Å². The summed E-state index contributed by atoms with van der Waals surface area (Å²) in [6, 6.07) is 13.9. The SMILES string of the molecule is CCc1ccc(/C=C2\S/C(=N/c3cccc(C)n3)N(C)C2=O)cc1. The topological polar surface area (TPSA) is 45.6 Å². The Bertz CT molecular complexity index is 825. The first-order valence-corrected chi connectivity index (χ1v) is 8.67. The highest BCUT2D eigenvalue weighted by Gasteiger charge is 2.30. The number of benzene rings is 1. The minimum atomic E-state index is -0.0361. The molecule has 122 valence electrons. The minimum Gasteiger partial charge on any atom is -0.289 e. The molecule has 0 radical (unpaired) electrons. The quantitative estimate of drug-likeness (QED) is 0.789. The van der Waals surface area contributed by atoms with Gasteiger partial charge in [0.25, 0.3) is 5.91 Å². The molecule has 0 bridgehead atoms. The minimum absolute atomic E-state index is 0.0361. The summed E-state index contributed by atoms with van der Waals surface area (Å²) in [6.07, 6.45) is 2.92. The number of nitrogens with zero attached hydrogens (tertiary/aromatic N) is 3. The van der Waals surface area contributed by atoms with Crippen molar-refractivity contribution in [3.05, 3.63) is 64.2 Å². The number of amides is 1. The van der Waals surface area contributed by atoms with Crippen molar-refractivity contribution in [2.24, 2.45) is 4.99 Å². The Labute approximate surface area is 146 Å². The van der Waals surface area contributed by atoms with E-state index >= 15 is 0 Å². The molecule has 0 N–H and O–H groups in total. The lowest BCUT2D eigenvalue weighted by atomic mass is 10.1. The lowest BCUT2D eigenvalue weighted by molar-refractivity contribution is -0.121. The molecule has 5 heteroatoms. The van der Waals surface area contributed by atoms with Crippen LogP contribution in [0.4, 0.5) is 5.82 Å². The van der Waals surface area contributed by atoms with E-state index in [0.717, 1.165) is 17.7 Å². The van der Waals surface area contributed by atoms with Gasteiger partial charge in [0.05, 0.1) is 4.91 Å². The van der Waals surface area contributed by atoms with Crippen LogP contribution >= 0.6 is 11.8 Å². The summed E-state index contributed by atoms with van der Waals surface area (Å²) in [5.41, 5.74) is 3.21. The van der Waals surface area contributed by atoms with Gasteiger partial charge in [0.1, 0.15) is 0 Å². The molecule has 24 heavy (non-hydrogen) atoms. The summed E-state index contributed by atoms with van der Waals surface area (Å²) < 4.78 is 0. The zero-order valence-electron chi connectivity index (χ0n) is 14.0. The van der Waals surface area contributed by atoms with Gasteiger partial charge < -0.3 is 0 Å². The highest BCUT2D eigenvalue weighted by molar-refractivity contribution is 8.18. The number of rotatable bonds is 3.